The Labute approximate surface area is 114 Å². The van der Waals surface area contributed by atoms with Gasteiger partial charge < -0.3 is 15.7 Å². The molecule has 5 heteroatoms. The van der Waals surface area contributed by atoms with Gasteiger partial charge in [0.25, 0.3) is 0 Å². The molecule has 5 nitrogen and oxygen atoms in total. The quantitative estimate of drug-likeness (QED) is 0.591. The molecule has 1 aliphatic carbocycles. The Morgan fingerprint density at radius 3 is 2.79 bits per heavy atom. The van der Waals surface area contributed by atoms with Gasteiger partial charge in [0.2, 0.25) is 0 Å². The van der Waals surface area contributed by atoms with Crippen LogP contribution in [0.3, 0.4) is 0 Å². The van der Waals surface area contributed by atoms with E-state index < -0.39 is 5.97 Å². The van der Waals surface area contributed by atoms with Gasteiger partial charge in [-0.05, 0) is 31.6 Å². The molecule has 1 unspecified atom stereocenters. The lowest BCUT2D eigenvalue weighted by Crippen LogP contribution is -2.39. The van der Waals surface area contributed by atoms with E-state index in [4.69, 9.17) is 5.11 Å². The Kier molecular flexibility index (Phi) is 7.00. The molecule has 0 aromatic rings. The predicted octanol–water partition coefficient (Wildman–Crippen LogP) is 2.29. The van der Waals surface area contributed by atoms with Crippen LogP contribution in [-0.2, 0) is 4.79 Å². The maximum absolute atomic E-state index is 11.5. The molecule has 0 bridgehead atoms. The lowest BCUT2D eigenvalue weighted by molar-refractivity contribution is -0.138. The zero-order valence-corrected chi connectivity index (χ0v) is 11.6. The minimum atomic E-state index is -0.817. The SMILES string of the molecule is CCC(CNC(=O)NCCC1=CCCC1)CC(=O)O. The molecule has 0 spiro atoms. The summed E-state index contributed by atoms with van der Waals surface area (Å²) >= 11 is 0. The second-order valence-corrected chi connectivity index (χ2v) is 5.01. The first-order valence-electron chi connectivity index (χ1n) is 7.03. The van der Waals surface area contributed by atoms with Crippen LogP contribution in [0.2, 0.25) is 0 Å². The number of carbonyl (C=O) groups is 2. The third-order valence-electron chi connectivity index (χ3n) is 3.46. The summed E-state index contributed by atoms with van der Waals surface area (Å²) in [6.45, 7) is 2.99. The van der Waals surface area contributed by atoms with Crippen molar-refractivity contribution in [1.29, 1.82) is 0 Å². The molecule has 108 valence electrons. The second-order valence-electron chi connectivity index (χ2n) is 5.01. The highest BCUT2D eigenvalue weighted by Gasteiger charge is 2.12. The third-order valence-corrected chi connectivity index (χ3v) is 3.46. The van der Waals surface area contributed by atoms with Gasteiger partial charge in [-0.1, -0.05) is 25.0 Å². The summed E-state index contributed by atoms with van der Waals surface area (Å²) in [4.78, 5) is 22.1. The van der Waals surface area contributed by atoms with Crippen LogP contribution >= 0.6 is 0 Å². The monoisotopic (exact) mass is 268 g/mol. The van der Waals surface area contributed by atoms with Crippen molar-refractivity contribution in [3.8, 4) is 0 Å². The molecule has 0 aliphatic heterocycles. The fourth-order valence-electron chi connectivity index (χ4n) is 2.21. The fraction of sp³-hybridized carbons (Fsp3) is 0.714. The Bertz CT molecular complexity index is 340. The first kappa shape index (κ1) is 15.5. The number of amides is 2. The highest BCUT2D eigenvalue weighted by molar-refractivity contribution is 5.74. The number of carbonyl (C=O) groups excluding carboxylic acids is 1. The van der Waals surface area contributed by atoms with Crippen LogP contribution in [-0.4, -0.2) is 30.2 Å². The van der Waals surface area contributed by atoms with E-state index >= 15 is 0 Å². The van der Waals surface area contributed by atoms with Gasteiger partial charge in [-0.15, -0.1) is 0 Å². The van der Waals surface area contributed by atoms with Gasteiger partial charge in [-0.25, -0.2) is 4.79 Å². The van der Waals surface area contributed by atoms with Crippen LogP contribution in [0.4, 0.5) is 4.79 Å². The molecular weight excluding hydrogens is 244 g/mol. The zero-order chi connectivity index (χ0) is 14.1. The van der Waals surface area contributed by atoms with E-state index in [1.54, 1.807) is 0 Å². The number of rotatable bonds is 8. The van der Waals surface area contributed by atoms with Crippen LogP contribution in [0.5, 0.6) is 0 Å². The van der Waals surface area contributed by atoms with Crippen molar-refractivity contribution in [2.45, 2.75) is 45.4 Å². The average Bonchev–Trinajstić information content (AvgIpc) is 2.87. The Morgan fingerprint density at radius 2 is 2.21 bits per heavy atom. The van der Waals surface area contributed by atoms with Gasteiger partial charge in [0, 0.05) is 19.5 Å². The number of urea groups is 1. The van der Waals surface area contributed by atoms with Crippen LogP contribution in [0.1, 0.15) is 45.4 Å². The number of carboxylic acid groups (broad SMARTS) is 1. The maximum atomic E-state index is 11.5. The van der Waals surface area contributed by atoms with E-state index in [1.165, 1.54) is 12.0 Å². The fourth-order valence-corrected chi connectivity index (χ4v) is 2.21. The normalized spacial score (nSPS) is 15.7. The number of hydrogen-bond donors (Lipinski definition) is 3. The number of aliphatic carboxylic acids is 1. The standard InChI is InChI=1S/C14H24N2O3/c1-2-11(9-13(17)18)10-16-14(19)15-8-7-12-5-3-4-6-12/h5,11H,2-4,6-10H2,1H3,(H,17,18)(H2,15,16,19). The van der Waals surface area contributed by atoms with Crippen molar-refractivity contribution >= 4 is 12.0 Å². The predicted molar refractivity (Wildman–Crippen MR) is 74.0 cm³/mol. The molecule has 0 saturated carbocycles. The van der Waals surface area contributed by atoms with E-state index in [1.807, 2.05) is 6.92 Å². The van der Waals surface area contributed by atoms with Gasteiger partial charge in [0.05, 0.1) is 0 Å². The Hall–Kier alpha value is -1.52. The van der Waals surface area contributed by atoms with Crippen LogP contribution in [0.15, 0.2) is 11.6 Å². The average molecular weight is 268 g/mol. The van der Waals surface area contributed by atoms with Crippen LogP contribution in [0, 0.1) is 5.92 Å². The molecule has 0 saturated heterocycles. The van der Waals surface area contributed by atoms with Gasteiger partial charge in [-0.3, -0.25) is 4.79 Å². The first-order chi connectivity index (χ1) is 9.11. The Balaban J connectivity index is 2.10. The summed E-state index contributed by atoms with van der Waals surface area (Å²) in [6.07, 6.45) is 7.56. The molecule has 3 N–H and O–H groups in total. The summed E-state index contributed by atoms with van der Waals surface area (Å²) in [7, 11) is 0. The summed E-state index contributed by atoms with van der Waals surface area (Å²) in [5, 5.41) is 14.2. The van der Waals surface area contributed by atoms with Crippen molar-refractivity contribution in [1.82, 2.24) is 10.6 Å². The minimum absolute atomic E-state index is 0.000732. The molecule has 0 aromatic carbocycles. The van der Waals surface area contributed by atoms with E-state index in [0.717, 1.165) is 25.7 Å². The van der Waals surface area contributed by atoms with Gasteiger partial charge in [-0.2, -0.15) is 0 Å². The summed E-state index contributed by atoms with van der Waals surface area (Å²) < 4.78 is 0. The number of carboxylic acids is 1. The minimum Gasteiger partial charge on any atom is -0.481 e. The smallest absolute Gasteiger partial charge is 0.314 e. The molecule has 0 aromatic heterocycles. The van der Waals surface area contributed by atoms with Crippen LogP contribution < -0.4 is 10.6 Å². The zero-order valence-electron chi connectivity index (χ0n) is 11.6. The summed E-state index contributed by atoms with van der Waals surface area (Å²) in [6, 6.07) is -0.206. The molecule has 2 amide bonds. The molecular formula is C14H24N2O3. The lowest BCUT2D eigenvalue weighted by atomic mass is 10.0. The lowest BCUT2D eigenvalue weighted by Gasteiger charge is -2.14. The topological polar surface area (TPSA) is 78.4 Å². The molecule has 0 fully saturated rings. The van der Waals surface area contributed by atoms with Crippen molar-refractivity contribution < 1.29 is 14.7 Å². The van der Waals surface area contributed by atoms with E-state index in [9.17, 15) is 9.59 Å². The number of allylic oxidation sites excluding steroid dienone is 1. The van der Waals surface area contributed by atoms with Crippen molar-refractivity contribution in [3.63, 3.8) is 0 Å². The van der Waals surface area contributed by atoms with Crippen molar-refractivity contribution in [3.05, 3.63) is 11.6 Å². The van der Waals surface area contributed by atoms with Crippen molar-refractivity contribution in [2.75, 3.05) is 13.1 Å². The van der Waals surface area contributed by atoms with Crippen LogP contribution in [0.25, 0.3) is 0 Å². The Morgan fingerprint density at radius 1 is 1.42 bits per heavy atom. The van der Waals surface area contributed by atoms with Gasteiger partial charge >= 0.3 is 12.0 Å². The summed E-state index contributed by atoms with van der Waals surface area (Å²) in [5.74, 6) is -0.817. The maximum Gasteiger partial charge on any atom is 0.314 e. The molecule has 1 aliphatic rings. The highest BCUT2D eigenvalue weighted by Crippen LogP contribution is 2.19. The van der Waals surface area contributed by atoms with Gasteiger partial charge in [0.15, 0.2) is 0 Å². The van der Waals surface area contributed by atoms with E-state index in [2.05, 4.69) is 16.7 Å². The summed E-state index contributed by atoms with van der Waals surface area (Å²) in [5.41, 5.74) is 1.43. The highest BCUT2D eigenvalue weighted by atomic mass is 16.4. The van der Waals surface area contributed by atoms with Gasteiger partial charge in [0.1, 0.15) is 0 Å². The third kappa shape index (κ3) is 6.84. The van der Waals surface area contributed by atoms with E-state index in [0.29, 0.717) is 13.1 Å². The molecule has 1 atom stereocenters. The number of hydrogen-bond acceptors (Lipinski definition) is 2. The molecule has 0 heterocycles. The molecule has 1 rings (SSSR count). The molecule has 19 heavy (non-hydrogen) atoms. The first-order valence-corrected chi connectivity index (χ1v) is 7.03. The van der Waals surface area contributed by atoms with Crippen molar-refractivity contribution in [2.24, 2.45) is 5.92 Å². The van der Waals surface area contributed by atoms with E-state index in [-0.39, 0.29) is 18.4 Å². The number of nitrogens with one attached hydrogen (secondary N) is 2. The molecule has 0 radical (unpaired) electrons. The second kappa shape index (κ2) is 8.56. The largest absolute Gasteiger partial charge is 0.481 e.